The Morgan fingerprint density at radius 3 is 2.52 bits per heavy atom. The summed E-state index contributed by atoms with van der Waals surface area (Å²) in [5.74, 6) is 0.798. The first-order valence-corrected chi connectivity index (χ1v) is 8.46. The van der Waals surface area contributed by atoms with Crippen molar-refractivity contribution in [3.05, 3.63) is 29.3 Å². The van der Waals surface area contributed by atoms with Gasteiger partial charge in [0.05, 0.1) is 7.11 Å². The lowest BCUT2D eigenvalue weighted by Crippen LogP contribution is -2.33. The van der Waals surface area contributed by atoms with E-state index in [0.29, 0.717) is 25.9 Å². The number of carbonyl (C=O) groups excluding carboxylic acids is 2. The monoisotopic (exact) mass is 350 g/mol. The highest BCUT2D eigenvalue weighted by molar-refractivity contribution is 5.76. The van der Waals surface area contributed by atoms with Crippen molar-refractivity contribution in [3.63, 3.8) is 0 Å². The summed E-state index contributed by atoms with van der Waals surface area (Å²) in [6, 6.07) is 5.91. The van der Waals surface area contributed by atoms with Crippen molar-refractivity contribution < 1.29 is 19.1 Å². The number of hydrogen-bond donors (Lipinski definition) is 1. The number of aryl methyl sites for hydroxylation is 1. The maximum atomic E-state index is 12.2. The molecular formula is C19H30N2O4. The largest absolute Gasteiger partial charge is 0.496 e. The first-order chi connectivity index (χ1) is 11.6. The van der Waals surface area contributed by atoms with E-state index in [2.05, 4.69) is 5.32 Å². The van der Waals surface area contributed by atoms with Gasteiger partial charge in [-0.2, -0.15) is 0 Å². The molecule has 0 aliphatic heterocycles. The lowest BCUT2D eigenvalue weighted by molar-refractivity contribution is -0.130. The van der Waals surface area contributed by atoms with Crippen LogP contribution in [-0.2, 0) is 16.1 Å². The van der Waals surface area contributed by atoms with E-state index in [9.17, 15) is 9.59 Å². The average molecular weight is 350 g/mol. The molecule has 1 N–H and O–H groups in total. The van der Waals surface area contributed by atoms with Gasteiger partial charge in [-0.3, -0.25) is 4.79 Å². The Kier molecular flexibility index (Phi) is 7.74. The molecule has 0 saturated heterocycles. The van der Waals surface area contributed by atoms with Crippen LogP contribution in [0, 0.1) is 6.92 Å². The van der Waals surface area contributed by atoms with Gasteiger partial charge in [0.25, 0.3) is 0 Å². The second-order valence-corrected chi connectivity index (χ2v) is 7.10. The summed E-state index contributed by atoms with van der Waals surface area (Å²) in [7, 11) is 3.39. The van der Waals surface area contributed by atoms with Crippen molar-refractivity contribution in [1.29, 1.82) is 0 Å². The van der Waals surface area contributed by atoms with Gasteiger partial charge in [0.15, 0.2) is 0 Å². The van der Waals surface area contributed by atoms with Crippen molar-refractivity contribution in [1.82, 2.24) is 10.2 Å². The quantitative estimate of drug-likeness (QED) is 0.767. The van der Waals surface area contributed by atoms with Crippen molar-refractivity contribution >= 4 is 12.0 Å². The van der Waals surface area contributed by atoms with Crippen LogP contribution in [0.5, 0.6) is 5.75 Å². The van der Waals surface area contributed by atoms with E-state index < -0.39 is 11.7 Å². The highest BCUT2D eigenvalue weighted by atomic mass is 16.6. The number of methoxy groups -OCH3 is 1. The highest BCUT2D eigenvalue weighted by Crippen LogP contribution is 2.21. The highest BCUT2D eigenvalue weighted by Gasteiger charge is 2.16. The molecule has 140 valence electrons. The molecule has 0 fully saturated rings. The minimum Gasteiger partial charge on any atom is -0.496 e. The number of rotatable bonds is 7. The zero-order chi connectivity index (χ0) is 19.0. The summed E-state index contributed by atoms with van der Waals surface area (Å²) in [4.78, 5) is 25.5. The van der Waals surface area contributed by atoms with Gasteiger partial charge in [-0.05, 0) is 40.2 Å². The van der Waals surface area contributed by atoms with Crippen LogP contribution in [0.1, 0.15) is 44.7 Å². The molecule has 1 aromatic carbocycles. The molecule has 0 radical (unpaired) electrons. The van der Waals surface area contributed by atoms with Gasteiger partial charge < -0.3 is 19.7 Å². The fourth-order valence-corrected chi connectivity index (χ4v) is 2.31. The van der Waals surface area contributed by atoms with Gasteiger partial charge in [-0.15, -0.1) is 0 Å². The third kappa shape index (κ3) is 7.92. The number of amides is 2. The Bertz CT molecular complexity index is 594. The fourth-order valence-electron chi connectivity index (χ4n) is 2.31. The van der Waals surface area contributed by atoms with E-state index in [-0.39, 0.29) is 5.91 Å². The van der Waals surface area contributed by atoms with E-state index in [1.165, 1.54) is 0 Å². The molecule has 0 aliphatic rings. The summed E-state index contributed by atoms with van der Waals surface area (Å²) < 4.78 is 10.5. The third-order valence-electron chi connectivity index (χ3n) is 3.50. The molecule has 0 atom stereocenters. The molecule has 0 aromatic heterocycles. The van der Waals surface area contributed by atoms with Crippen molar-refractivity contribution in [2.24, 2.45) is 0 Å². The molecular weight excluding hydrogens is 320 g/mol. The maximum absolute atomic E-state index is 12.2. The van der Waals surface area contributed by atoms with Crippen LogP contribution < -0.4 is 10.1 Å². The molecule has 0 unspecified atom stereocenters. The van der Waals surface area contributed by atoms with Gasteiger partial charge in [0, 0.05) is 32.1 Å². The minimum absolute atomic E-state index is 0.0227. The summed E-state index contributed by atoms with van der Waals surface area (Å²) >= 11 is 0. The number of hydrogen-bond acceptors (Lipinski definition) is 4. The van der Waals surface area contributed by atoms with Gasteiger partial charge in [-0.25, -0.2) is 4.79 Å². The summed E-state index contributed by atoms with van der Waals surface area (Å²) in [6.07, 6.45) is 0.464. The SMILES string of the molecule is COc1ccc(C)cc1CN(C)C(=O)CCCNC(=O)OC(C)(C)C. The van der Waals surface area contributed by atoms with Crippen molar-refractivity contribution in [2.45, 2.75) is 52.7 Å². The molecule has 0 bridgehead atoms. The Hall–Kier alpha value is -2.24. The lowest BCUT2D eigenvalue weighted by atomic mass is 10.1. The second kappa shape index (κ2) is 9.30. The van der Waals surface area contributed by atoms with Crippen LogP contribution in [0.25, 0.3) is 0 Å². The van der Waals surface area contributed by atoms with Crippen LogP contribution in [0.3, 0.4) is 0 Å². The standard InChI is InChI=1S/C19H30N2O4/c1-14-9-10-16(24-6)15(12-14)13-21(5)17(22)8-7-11-20-18(23)25-19(2,3)4/h9-10,12H,7-8,11,13H2,1-6H3,(H,20,23). The van der Waals surface area contributed by atoms with Gasteiger partial charge in [-0.1, -0.05) is 17.7 Å². The zero-order valence-corrected chi connectivity index (χ0v) is 16.1. The molecule has 6 nitrogen and oxygen atoms in total. The van der Waals surface area contributed by atoms with E-state index in [4.69, 9.17) is 9.47 Å². The Morgan fingerprint density at radius 1 is 1.24 bits per heavy atom. The third-order valence-corrected chi connectivity index (χ3v) is 3.50. The first kappa shape index (κ1) is 20.8. The molecule has 0 aliphatic carbocycles. The lowest BCUT2D eigenvalue weighted by Gasteiger charge is -2.20. The maximum Gasteiger partial charge on any atom is 0.407 e. The zero-order valence-electron chi connectivity index (χ0n) is 16.1. The fraction of sp³-hybridized carbons (Fsp3) is 0.579. The van der Waals surface area contributed by atoms with E-state index in [0.717, 1.165) is 16.9 Å². The molecule has 0 spiro atoms. The summed E-state index contributed by atoms with van der Waals surface area (Å²) in [5.41, 5.74) is 1.58. The summed E-state index contributed by atoms with van der Waals surface area (Å²) in [6.45, 7) is 8.33. The topological polar surface area (TPSA) is 67.9 Å². The molecule has 6 heteroatoms. The predicted molar refractivity (Wildman–Crippen MR) is 97.7 cm³/mol. The Morgan fingerprint density at radius 2 is 1.92 bits per heavy atom. The number of alkyl carbamates (subject to hydrolysis) is 1. The van der Waals surface area contributed by atoms with Crippen LogP contribution in [0.2, 0.25) is 0 Å². The number of benzene rings is 1. The van der Waals surface area contributed by atoms with Gasteiger partial charge in [0.1, 0.15) is 11.4 Å². The molecule has 0 heterocycles. The van der Waals surface area contributed by atoms with Gasteiger partial charge >= 0.3 is 6.09 Å². The van der Waals surface area contributed by atoms with Gasteiger partial charge in [0.2, 0.25) is 5.91 Å². The molecule has 2 amide bonds. The molecule has 0 saturated carbocycles. The van der Waals surface area contributed by atoms with Crippen LogP contribution in [0.4, 0.5) is 4.79 Å². The molecule has 1 aromatic rings. The van der Waals surface area contributed by atoms with E-state index in [1.807, 2.05) is 45.9 Å². The number of nitrogens with one attached hydrogen (secondary N) is 1. The van der Waals surface area contributed by atoms with E-state index >= 15 is 0 Å². The Labute approximate surface area is 150 Å². The van der Waals surface area contributed by atoms with Crippen molar-refractivity contribution in [2.75, 3.05) is 20.7 Å². The van der Waals surface area contributed by atoms with Crippen LogP contribution in [-0.4, -0.2) is 43.2 Å². The molecule has 1 rings (SSSR count). The van der Waals surface area contributed by atoms with Crippen molar-refractivity contribution in [3.8, 4) is 5.75 Å². The average Bonchev–Trinajstić information content (AvgIpc) is 2.49. The van der Waals surface area contributed by atoms with Crippen LogP contribution >= 0.6 is 0 Å². The first-order valence-electron chi connectivity index (χ1n) is 8.46. The summed E-state index contributed by atoms with van der Waals surface area (Å²) in [5, 5.41) is 2.66. The predicted octanol–water partition coefficient (Wildman–Crippen LogP) is 3.27. The van der Waals surface area contributed by atoms with E-state index in [1.54, 1.807) is 19.1 Å². The number of carbonyl (C=O) groups is 2. The van der Waals surface area contributed by atoms with Crippen LogP contribution in [0.15, 0.2) is 18.2 Å². The molecule has 25 heavy (non-hydrogen) atoms. The smallest absolute Gasteiger partial charge is 0.407 e. The number of nitrogens with zero attached hydrogens (tertiary/aromatic N) is 1. The normalized spacial score (nSPS) is 11.0. The Balaban J connectivity index is 2.40. The second-order valence-electron chi connectivity index (χ2n) is 7.10. The minimum atomic E-state index is -0.521. The number of ether oxygens (including phenoxy) is 2.